The SMILES string of the molecule is Cc1cc(S(=O)(=O)[C@H](CNS(=O)(=O)c2ccc(F)cc2C)c2cccnc2)ccc1F. The number of sulfone groups is 1. The maximum absolute atomic E-state index is 13.6. The summed E-state index contributed by atoms with van der Waals surface area (Å²) >= 11 is 0. The topological polar surface area (TPSA) is 93.2 Å². The zero-order chi connectivity index (χ0) is 22.8. The predicted molar refractivity (Wildman–Crippen MR) is 112 cm³/mol. The second-order valence-electron chi connectivity index (χ2n) is 6.99. The summed E-state index contributed by atoms with van der Waals surface area (Å²) in [5.41, 5.74) is 0.596. The third-order valence-corrected chi connectivity index (χ3v) is 8.46. The Morgan fingerprint density at radius 3 is 2.32 bits per heavy atom. The highest BCUT2D eigenvalue weighted by Gasteiger charge is 2.31. The van der Waals surface area contributed by atoms with Crippen LogP contribution in [0.1, 0.15) is 21.9 Å². The molecule has 1 heterocycles. The van der Waals surface area contributed by atoms with Crippen LogP contribution in [-0.4, -0.2) is 28.4 Å². The number of nitrogens with one attached hydrogen (secondary N) is 1. The molecule has 3 aromatic rings. The third-order valence-electron chi connectivity index (χ3n) is 4.77. The van der Waals surface area contributed by atoms with Gasteiger partial charge < -0.3 is 0 Å². The zero-order valence-electron chi connectivity index (χ0n) is 16.7. The van der Waals surface area contributed by atoms with Gasteiger partial charge in [-0.15, -0.1) is 0 Å². The van der Waals surface area contributed by atoms with Gasteiger partial charge in [0.1, 0.15) is 16.9 Å². The molecule has 0 spiro atoms. The molecule has 6 nitrogen and oxygen atoms in total. The van der Waals surface area contributed by atoms with Crippen LogP contribution in [0.2, 0.25) is 0 Å². The molecule has 0 unspecified atom stereocenters. The Labute approximate surface area is 179 Å². The van der Waals surface area contributed by atoms with E-state index in [1.54, 1.807) is 0 Å². The van der Waals surface area contributed by atoms with E-state index in [4.69, 9.17) is 0 Å². The lowest BCUT2D eigenvalue weighted by Gasteiger charge is -2.19. The Balaban J connectivity index is 2.00. The monoisotopic (exact) mass is 466 g/mol. The number of sulfonamides is 1. The summed E-state index contributed by atoms with van der Waals surface area (Å²) in [6.45, 7) is 2.38. The van der Waals surface area contributed by atoms with Crippen LogP contribution in [0.25, 0.3) is 0 Å². The van der Waals surface area contributed by atoms with Crippen molar-refractivity contribution in [2.24, 2.45) is 0 Å². The van der Waals surface area contributed by atoms with E-state index < -0.39 is 43.3 Å². The Morgan fingerprint density at radius 1 is 0.968 bits per heavy atom. The summed E-state index contributed by atoms with van der Waals surface area (Å²) < 4.78 is 81.5. The fraction of sp³-hybridized carbons (Fsp3) is 0.190. The van der Waals surface area contributed by atoms with E-state index in [0.29, 0.717) is 0 Å². The maximum Gasteiger partial charge on any atom is 0.240 e. The fourth-order valence-corrected chi connectivity index (χ4v) is 6.21. The molecule has 1 N–H and O–H groups in total. The lowest BCUT2D eigenvalue weighted by Crippen LogP contribution is -2.32. The Bertz CT molecular complexity index is 1310. The van der Waals surface area contributed by atoms with E-state index in [0.717, 1.165) is 30.3 Å². The number of hydrogen-bond donors (Lipinski definition) is 1. The molecule has 0 aliphatic rings. The second kappa shape index (κ2) is 8.81. The summed E-state index contributed by atoms with van der Waals surface area (Å²) in [5.74, 6) is -1.14. The van der Waals surface area contributed by atoms with Crippen LogP contribution in [0.4, 0.5) is 8.78 Å². The number of pyridine rings is 1. The third kappa shape index (κ3) is 4.97. The number of nitrogens with zero attached hydrogens (tertiary/aromatic N) is 1. The van der Waals surface area contributed by atoms with E-state index in [1.165, 1.54) is 44.4 Å². The maximum atomic E-state index is 13.6. The smallest absolute Gasteiger partial charge is 0.240 e. The largest absolute Gasteiger partial charge is 0.264 e. The van der Waals surface area contributed by atoms with Crippen molar-refractivity contribution >= 4 is 19.9 Å². The Hall–Kier alpha value is -2.69. The molecule has 164 valence electrons. The Kier molecular flexibility index (Phi) is 6.54. The van der Waals surface area contributed by atoms with Crippen molar-refractivity contribution in [2.45, 2.75) is 28.9 Å². The highest BCUT2D eigenvalue weighted by Crippen LogP contribution is 2.30. The van der Waals surface area contributed by atoms with Gasteiger partial charge in [-0.2, -0.15) is 0 Å². The van der Waals surface area contributed by atoms with Crippen molar-refractivity contribution < 1.29 is 25.6 Å². The van der Waals surface area contributed by atoms with Gasteiger partial charge in [0, 0.05) is 18.9 Å². The normalized spacial score (nSPS) is 13.2. The molecule has 0 aliphatic heterocycles. The van der Waals surface area contributed by atoms with E-state index in [9.17, 15) is 25.6 Å². The van der Waals surface area contributed by atoms with Gasteiger partial charge in [-0.3, -0.25) is 4.98 Å². The molecule has 0 fully saturated rings. The first kappa shape index (κ1) is 23.0. The van der Waals surface area contributed by atoms with Crippen LogP contribution < -0.4 is 4.72 Å². The van der Waals surface area contributed by atoms with Gasteiger partial charge in [0.05, 0.1) is 9.79 Å². The quantitative estimate of drug-likeness (QED) is 0.538. The molecular weight excluding hydrogens is 446 g/mol. The van der Waals surface area contributed by atoms with E-state index in [-0.39, 0.29) is 26.5 Å². The second-order valence-corrected chi connectivity index (χ2v) is 10.9. The first-order chi connectivity index (χ1) is 14.5. The van der Waals surface area contributed by atoms with Crippen molar-refractivity contribution in [2.75, 3.05) is 6.54 Å². The predicted octanol–water partition coefficient (Wildman–Crippen LogP) is 3.47. The molecule has 10 heteroatoms. The molecule has 2 aromatic carbocycles. The minimum atomic E-state index is -4.13. The van der Waals surface area contributed by atoms with Crippen LogP contribution in [-0.2, 0) is 19.9 Å². The van der Waals surface area contributed by atoms with Crippen LogP contribution in [0.5, 0.6) is 0 Å². The van der Waals surface area contributed by atoms with Gasteiger partial charge in [0.25, 0.3) is 0 Å². The molecule has 0 amide bonds. The van der Waals surface area contributed by atoms with Crippen LogP contribution in [0.15, 0.2) is 70.7 Å². The molecule has 3 rings (SSSR count). The summed E-state index contributed by atoms with van der Waals surface area (Å²) in [4.78, 5) is 3.63. The van der Waals surface area contributed by atoms with Gasteiger partial charge >= 0.3 is 0 Å². The highest BCUT2D eigenvalue weighted by atomic mass is 32.2. The number of aryl methyl sites for hydroxylation is 2. The number of rotatable bonds is 7. The molecule has 0 saturated carbocycles. The standard InChI is InChI=1S/C21H20F2N2O4S2/c1-14-11-18(6-7-19(14)23)30(26,27)21(16-4-3-9-24-12-16)13-25-31(28,29)20-8-5-17(22)10-15(20)2/h3-12,21,25H,13H2,1-2H3/t21-/m1/s1. The minimum Gasteiger partial charge on any atom is -0.264 e. The van der Waals surface area contributed by atoms with Gasteiger partial charge in [-0.1, -0.05) is 6.07 Å². The first-order valence-electron chi connectivity index (χ1n) is 9.18. The molecule has 1 aromatic heterocycles. The van der Waals surface area contributed by atoms with Crippen LogP contribution in [0, 0.1) is 25.5 Å². The van der Waals surface area contributed by atoms with Crippen LogP contribution in [0.3, 0.4) is 0 Å². The van der Waals surface area contributed by atoms with Gasteiger partial charge in [0.15, 0.2) is 9.84 Å². The average Bonchev–Trinajstić information content (AvgIpc) is 2.70. The summed E-state index contributed by atoms with van der Waals surface area (Å²) in [6, 6.07) is 9.64. The molecule has 0 bridgehead atoms. The van der Waals surface area contributed by atoms with Crippen molar-refractivity contribution in [3.8, 4) is 0 Å². The highest BCUT2D eigenvalue weighted by molar-refractivity contribution is 7.92. The van der Waals surface area contributed by atoms with Crippen molar-refractivity contribution in [1.29, 1.82) is 0 Å². The number of benzene rings is 2. The molecule has 1 atom stereocenters. The van der Waals surface area contributed by atoms with E-state index in [1.807, 2.05) is 0 Å². The minimum absolute atomic E-state index is 0.141. The average molecular weight is 467 g/mol. The van der Waals surface area contributed by atoms with E-state index in [2.05, 4.69) is 9.71 Å². The number of aromatic nitrogens is 1. The Morgan fingerprint density at radius 2 is 1.71 bits per heavy atom. The lowest BCUT2D eigenvalue weighted by atomic mass is 10.2. The summed E-state index contributed by atoms with van der Waals surface area (Å²) in [7, 11) is -8.24. The number of halogens is 2. The molecular formula is C21H20F2N2O4S2. The van der Waals surface area contributed by atoms with Crippen molar-refractivity contribution in [3.63, 3.8) is 0 Å². The summed E-state index contributed by atoms with van der Waals surface area (Å²) in [5, 5.41) is -1.32. The zero-order valence-corrected chi connectivity index (χ0v) is 18.3. The summed E-state index contributed by atoms with van der Waals surface area (Å²) in [6.07, 6.45) is 2.79. The van der Waals surface area contributed by atoms with Gasteiger partial charge in [-0.05, 0) is 73.0 Å². The van der Waals surface area contributed by atoms with Crippen LogP contribution >= 0.6 is 0 Å². The number of hydrogen-bond acceptors (Lipinski definition) is 5. The van der Waals surface area contributed by atoms with Gasteiger partial charge in [-0.25, -0.2) is 30.3 Å². The molecule has 0 aliphatic carbocycles. The fourth-order valence-electron chi connectivity index (χ4n) is 3.11. The molecule has 31 heavy (non-hydrogen) atoms. The molecule has 0 radical (unpaired) electrons. The van der Waals surface area contributed by atoms with Crippen molar-refractivity contribution in [3.05, 3.63) is 89.2 Å². The first-order valence-corrected chi connectivity index (χ1v) is 12.2. The van der Waals surface area contributed by atoms with Gasteiger partial charge in [0.2, 0.25) is 10.0 Å². The lowest BCUT2D eigenvalue weighted by molar-refractivity contribution is 0.567. The molecule has 0 saturated heterocycles. The van der Waals surface area contributed by atoms with E-state index >= 15 is 0 Å². The van der Waals surface area contributed by atoms with Crippen molar-refractivity contribution in [1.82, 2.24) is 9.71 Å².